The lowest BCUT2D eigenvalue weighted by molar-refractivity contribution is -0.313. The van der Waals surface area contributed by atoms with E-state index in [1.165, 1.54) is 0 Å². The third kappa shape index (κ3) is 1.73. The highest BCUT2D eigenvalue weighted by atomic mass is 16.5. The van der Waals surface area contributed by atoms with Gasteiger partial charge in [-0.15, -0.1) is 6.58 Å². The van der Waals surface area contributed by atoms with Crippen molar-refractivity contribution in [3.63, 3.8) is 0 Å². The number of carboxylic acids is 1. The van der Waals surface area contributed by atoms with Crippen LogP contribution in [0.25, 0.3) is 0 Å². The molecule has 4 rings (SSSR count). The van der Waals surface area contributed by atoms with Crippen molar-refractivity contribution in [1.29, 1.82) is 0 Å². The maximum Gasteiger partial charge on any atom is 0.234 e. The molecule has 0 saturated carbocycles. The minimum absolute atomic E-state index is 0.211. The normalized spacial score (nSPS) is 36.2. The van der Waals surface area contributed by atoms with Gasteiger partial charge in [-0.1, -0.05) is 36.4 Å². The fourth-order valence-electron chi connectivity index (χ4n) is 4.49. The summed E-state index contributed by atoms with van der Waals surface area (Å²) in [6, 6.07) is 7.29. The SMILES string of the molecule is C=CC[C@@H]1N(c2ccccc2C)C(=O)[C@@H]2[C@H](C(=O)[O-])[C@H]3C=C[C@]21O3. The van der Waals surface area contributed by atoms with Gasteiger partial charge in [-0.25, -0.2) is 0 Å². The average Bonchev–Trinajstić information content (AvgIpc) is 3.18. The van der Waals surface area contributed by atoms with Crippen LogP contribution in [0, 0.1) is 18.8 Å². The Labute approximate surface area is 140 Å². The lowest BCUT2D eigenvalue weighted by Gasteiger charge is -2.33. The van der Waals surface area contributed by atoms with Gasteiger partial charge in [-0.05, 0) is 25.0 Å². The van der Waals surface area contributed by atoms with Crippen LogP contribution in [-0.4, -0.2) is 29.6 Å². The molecule has 24 heavy (non-hydrogen) atoms. The second-order valence-electron chi connectivity index (χ2n) is 6.65. The average molecular weight is 324 g/mol. The molecule has 1 amide bonds. The van der Waals surface area contributed by atoms with Crippen LogP contribution < -0.4 is 10.0 Å². The Balaban J connectivity index is 1.87. The van der Waals surface area contributed by atoms with Gasteiger partial charge in [-0.3, -0.25) is 4.79 Å². The first-order valence-corrected chi connectivity index (χ1v) is 8.09. The van der Waals surface area contributed by atoms with E-state index in [0.717, 1.165) is 11.3 Å². The lowest BCUT2D eigenvalue weighted by atomic mass is 9.74. The Morgan fingerprint density at radius 3 is 2.88 bits per heavy atom. The fourth-order valence-corrected chi connectivity index (χ4v) is 4.49. The zero-order valence-electron chi connectivity index (χ0n) is 13.3. The molecular formula is C19H18NO4-. The highest BCUT2D eigenvalue weighted by Crippen LogP contribution is 2.56. The van der Waals surface area contributed by atoms with Gasteiger partial charge in [0.2, 0.25) is 5.91 Å². The Kier molecular flexibility index (Phi) is 3.18. The molecule has 5 heteroatoms. The summed E-state index contributed by atoms with van der Waals surface area (Å²) in [6.07, 6.45) is 5.30. The number of aryl methyl sites for hydroxylation is 1. The van der Waals surface area contributed by atoms with Gasteiger partial charge >= 0.3 is 0 Å². The molecule has 1 aromatic rings. The lowest BCUT2D eigenvalue weighted by Crippen LogP contribution is -2.46. The maximum absolute atomic E-state index is 13.2. The van der Waals surface area contributed by atoms with Crippen LogP contribution in [0.3, 0.4) is 0 Å². The Hall–Kier alpha value is -2.40. The van der Waals surface area contributed by atoms with Crippen molar-refractivity contribution in [3.8, 4) is 0 Å². The van der Waals surface area contributed by atoms with Gasteiger partial charge in [-0.2, -0.15) is 0 Å². The summed E-state index contributed by atoms with van der Waals surface area (Å²) in [5.74, 6) is -3.13. The molecule has 2 saturated heterocycles. The molecule has 2 bridgehead atoms. The number of benzene rings is 1. The molecule has 3 aliphatic rings. The van der Waals surface area contributed by atoms with Crippen LogP contribution in [0.1, 0.15) is 12.0 Å². The Bertz CT molecular complexity index is 770. The maximum atomic E-state index is 13.2. The van der Waals surface area contributed by atoms with Crippen LogP contribution in [-0.2, 0) is 14.3 Å². The standard InChI is InChI=1S/C19H19NO4/c1-3-6-14-19-10-9-13(24-19)15(18(22)23)16(19)17(21)20(14)12-8-5-4-7-11(12)2/h3-5,7-10,13-16H,1,6H2,2H3,(H,22,23)/p-1/t13-,14+,15-,16+,19-/m1/s1. The minimum atomic E-state index is -1.23. The molecule has 0 aromatic heterocycles. The number of aliphatic carboxylic acids is 1. The number of amides is 1. The molecule has 1 spiro atoms. The van der Waals surface area contributed by atoms with E-state index in [0.29, 0.717) is 6.42 Å². The van der Waals surface area contributed by atoms with Crippen molar-refractivity contribution in [2.45, 2.75) is 31.1 Å². The molecule has 0 N–H and O–H groups in total. The molecule has 1 aromatic carbocycles. The number of nitrogens with zero attached hydrogens (tertiary/aromatic N) is 1. The van der Waals surface area contributed by atoms with Crippen molar-refractivity contribution < 1.29 is 19.4 Å². The molecule has 2 fully saturated rings. The van der Waals surface area contributed by atoms with Crippen molar-refractivity contribution in [3.05, 3.63) is 54.6 Å². The second kappa shape index (κ2) is 5.05. The summed E-state index contributed by atoms with van der Waals surface area (Å²) in [4.78, 5) is 26.5. The first kappa shape index (κ1) is 15.1. The molecular weight excluding hydrogens is 306 g/mol. The van der Waals surface area contributed by atoms with Crippen LogP contribution in [0.4, 0.5) is 5.69 Å². The van der Waals surface area contributed by atoms with Crippen LogP contribution in [0.15, 0.2) is 49.1 Å². The number of hydrogen-bond donors (Lipinski definition) is 0. The number of fused-ring (bicyclic) bond motifs is 1. The van der Waals surface area contributed by atoms with Gasteiger partial charge in [0.25, 0.3) is 0 Å². The van der Waals surface area contributed by atoms with E-state index in [2.05, 4.69) is 6.58 Å². The van der Waals surface area contributed by atoms with E-state index in [4.69, 9.17) is 4.74 Å². The summed E-state index contributed by atoms with van der Waals surface area (Å²) in [7, 11) is 0. The van der Waals surface area contributed by atoms with Crippen molar-refractivity contribution in [2.75, 3.05) is 4.90 Å². The van der Waals surface area contributed by atoms with Gasteiger partial charge in [0.15, 0.2) is 0 Å². The molecule has 5 atom stereocenters. The fraction of sp³-hybridized carbons (Fsp3) is 0.368. The van der Waals surface area contributed by atoms with Crippen molar-refractivity contribution >= 4 is 17.6 Å². The molecule has 5 nitrogen and oxygen atoms in total. The third-order valence-electron chi connectivity index (χ3n) is 5.46. The monoisotopic (exact) mass is 324 g/mol. The molecule has 3 aliphatic heterocycles. The number of rotatable bonds is 4. The number of ether oxygens (including phenoxy) is 1. The number of carbonyl (C=O) groups is 2. The zero-order valence-corrected chi connectivity index (χ0v) is 13.3. The third-order valence-corrected chi connectivity index (χ3v) is 5.46. The molecule has 3 heterocycles. The van der Waals surface area contributed by atoms with Crippen molar-refractivity contribution in [1.82, 2.24) is 0 Å². The number of anilines is 1. The highest BCUT2D eigenvalue weighted by Gasteiger charge is 2.69. The zero-order chi connectivity index (χ0) is 17.1. The Morgan fingerprint density at radius 2 is 2.21 bits per heavy atom. The second-order valence-corrected chi connectivity index (χ2v) is 6.65. The van der Waals surface area contributed by atoms with Gasteiger partial charge in [0, 0.05) is 17.6 Å². The van der Waals surface area contributed by atoms with E-state index in [1.807, 2.05) is 37.3 Å². The van der Waals surface area contributed by atoms with E-state index in [9.17, 15) is 14.7 Å². The number of hydrogen-bond acceptors (Lipinski definition) is 4. The quantitative estimate of drug-likeness (QED) is 0.774. The van der Waals surface area contributed by atoms with E-state index in [-0.39, 0.29) is 11.9 Å². The van der Waals surface area contributed by atoms with Crippen LogP contribution in [0.5, 0.6) is 0 Å². The van der Waals surface area contributed by atoms with E-state index < -0.39 is 29.5 Å². The first-order chi connectivity index (χ1) is 11.5. The number of para-hydroxylation sites is 1. The molecule has 0 unspecified atom stereocenters. The van der Waals surface area contributed by atoms with Gasteiger partial charge < -0.3 is 19.5 Å². The minimum Gasteiger partial charge on any atom is -0.550 e. The van der Waals surface area contributed by atoms with Gasteiger partial charge in [0.1, 0.15) is 5.60 Å². The number of carbonyl (C=O) groups excluding carboxylic acids is 2. The van der Waals surface area contributed by atoms with Gasteiger partial charge in [0.05, 0.1) is 18.1 Å². The topological polar surface area (TPSA) is 69.7 Å². The smallest absolute Gasteiger partial charge is 0.234 e. The van der Waals surface area contributed by atoms with E-state index >= 15 is 0 Å². The highest BCUT2D eigenvalue weighted by molar-refractivity contribution is 6.03. The largest absolute Gasteiger partial charge is 0.550 e. The molecule has 0 aliphatic carbocycles. The summed E-state index contributed by atoms with van der Waals surface area (Å²) >= 11 is 0. The Morgan fingerprint density at radius 1 is 1.46 bits per heavy atom. The predicted octanol–water partition coefficient (Wildman–Crippen LogP) is 0.976. The molecule has 124 valence electrons. The summed E-state index contributed by atoms with van der Waals surface area (Å²) in [6.45, 7) is 5.74. The molecule has 0 radical (unpaired) electrons. The predicted molar refractivity (Wildman–Crippen MR) is 86.0 cm³/mol. The van der Waals surface area contributed by atoms with E-state index in [1.54, 1.807) is 17.1 Å². The summed E-state index contributed by atoms with van der Waals surface area (Å²) in [5, 5.41) is 11.6. The number of carboxylic acid groups (broad SMARTS) is 1. The van der Waals surface area contributed by atoms with Crippen LogP contribution in [0.2, 0.25) is 0 Å². The van der Waals surface area contributed by atoms with Crippen LogP contribution >= 0.6 is 0 Å². The first-order valence-electron chi connectivity index (χ1n) is 8.09. The summed E-state index contributed by atoms with van der Waals surface area (Å²) < 4.78 is 6.04. The van der Waals surface area contributed by atoms with Crippen molar-refractivity contribution in [2.24, 2.45) is 11.8 Å². The summed E-state index contributed by atoms with van der Waals surface area (Å²) in [5.41, 5.74) is 0.832.